The van der Waals surface area contributed by atoms with Crippen molar-refractivity contribution >= 4 is 21.6 Å². The van der Waals surface area contributed by atoms with Crippen LogP contribution in [0, 0.1) is 0 Å². The van der Waals surface area contributed by atoms with Crippen LogP contribution in [0.1, 0.15) is 13.3 Å². The quantitative estimate of drug-likeness (QED) is 0.643. The van der Waals surface area contributed by atoms with Gasteiger partial charge >= 0.3 is 0 Å². The molecule has 0 aliphatic carbocycles. The number of nitrogens with zero attached hydrogens (tertiary/aromatic N) is 4. The monoisotopic (exact) mass is 279 g/mol. The Morgan fingerprint density at radius 2 is 2.18 bits per heavy atom. The van der Waals surface area contributed by atoms with Crippen LogP contribution in [0.4, 0.5) is 0 Å². The number of tetrazole rings is 1. The zero-order valence-corrected chi connectivity index (χ0v) is 11.4. The van der Waals surface area contributed by atoms with Gasteiger partial charge in [-0.25, -0.2) is 13.1 Å². The van der Waals surface area contributed by atoms with Crippen molar-refractivity contribution in [3.63, 3.8) is 0 Å². The number of thioether (sulfide) groups is 1. The fourth-order valence-corrected chi connectivity index (χ4v) is 3.96. The van der Waals surface area contributed by atoms with Gasteiger partial charge < -0.3 is 5.73 Å². The molecule has 0 saturated carbocycles. The van der Waals surface area contributed by atoms with E-state index in [0.29, 0.717) is 30.4 Å². The van der Waals surface area contributed by atoms with Gasteiger partial charge in [-0.2, -0.15) is 0 Å². The van der Waals surface area contributed by atoms with Crippen molar-refractivity contribution in [1.82, 2.24) is 20.2 Å². The van der Waals surface area contributed by atoms with E-state index in [1.54, 1.807) is 4.68 Å². The van der Waals surface area contributed by atoms with E-state index >= 15 is 0 Å². The zero-order valence-electron chi connectivity index (χ0n) is 9.74. The Morgan fingerprint density at radius 3 is 2.82 bits per heavy atom. The summed E-state index contributed by atoms with van der Waals surface area (Å²) in [5.74, 6) is 0.857. The second-order valence-electron chi connectivity index (χ2n) is 3.47. The summed E-state index contributed by atoms with van der Waals surface area (Å²) in [6.45, 7) is 2.84. The molecule has 98 valence electrons. The molecule has 0 saturated heterocycles. The first-order valence-corrected chi connectivity index (χ1v) is 8.19. The predicted octanol–water partition coefficient (Wildman–Crippen LogP) is -0.451. The molecule has 0 spiro atoms. The van der Waals surface area contributed by atoms with E-state index in [-0.39, 0.29) is 11.5 Å². The number of hydrogen-bond donors (Lipinski definition) is 1. The van der Waals surface area contributed by atoms with Gasteiger partial charge in [0.05, 0.1) is 12.3 Å². The molecular weight excluding hydrogens is 262 g/mol. The highest BCUT2D eigenvalue weighted by atomic mass is 32.2. The highest BCUT2D eigenvalue weighted by Gasteiger charge is 2.11. The maximum atomic E-state index is 11.5. The van der Waals surface area contributed by atoms with Crippen LogP contribution >= 0.6 is 11.8 Å². The molecule has 0 aliphatic heterocycles. The molecule has 1 aromatic heterocycles. The molecule has 0 atom stereocenters. The van der Waals surface area contributed by atoms with Crippen molar-refractivity contribution in [1.29, 1.82) is 0 Å². The van der Waals surface area contributed by atoms with Crippen LogP contribution in [-0.4, -0.2) is 52.4 Å². The standard InChI is InChI=1S/C8H17N5O2S2/c1-2-6-17(14,15)7-5-16-8-10-11-12-13(8)4-3-9/h2-7,9H2,1H3. The Morgan fingerprint density at radius 1 is 1.41 bits per heavy atom. The molecule has 9 heteroatoms. The smallest absolute Gasteiger partial charge is 0.209 e. The third kappa shape index (κ3) is 5.00. The van der Waals surface area contributed by atoms with E-state index in [1.165, 1.54) is 11.8 Å². The summed E-state index contributed by atoms with van der Waals surface area (Å²) in [4.78, 5) is 0. The summed E-state index contributed by atoms with van der Waals surface area (Å²) in [6, 6.07) is 0. The average molecular weight is 279 g/mol. The lowest BCUT2D eigenvalue weighted by molar-refractivity contribution is 0.557. The molecule has 0 aromatic carbocycles. The van der Waals surface area contributed by atoms with Gasteiger partial charge in [-0.05, 0) is 16.8 Å². The minimum absolute atomic E-state index is 0.154. The van der Waals surface area contributed by atoms with Crippen molar-refractivity contribution in [3.8, 4) is 0 Å². The Labute approximate surface area is 105 Å². The summed E-state index contributed by atoms with van der Waals surface area (Å²) >= 11 is 1.34. The summed E-state index contributed by atoms with van der Waals surface area (Å²) in [7, 11) is -2.93. The highest BCUT2D eigenvalue weighted by Crippen LogP contribution is 2.13. The van der Waals surface area contributed by atoms with E-state index in [9.17, 15) is 8.42 Å². The number of sulfone groups is 1. The van der Waals surface area contributed by atoms with Crippen LogP contribution in [0.25, 0.3) is 0 Å². The Balaban J connectivity index is 2.43. The van der Waals surface area contributed by atoms with Gasteiger partial charge in [-0.15, -0.1) is 5.10 Å². The molecule has 0 fully saturated rings. The van der Waals surface area contributed by atoms with Gasteiger partial charge in [-0.1, -0.05) is 18.7 Å². The number of nitrogens with two attached hydrogens (primary N) is 1. The molecule has 17 heavy (non-hydrogen) atoms. The lowest BCUT2D eigenvalue weighted by Gasteiger charge is -2.03. The molecule has 1 heterocycles. The first kappa shape index (κ1) is 14.4. The van der Waals surface area contributed by atoms with Crippen molar-refractivity contribution in [2.75, 3.05) is 23.8 Å². The van der Waals surface area contributed by atoms with Crippen molar-refractivity contribution < 1.29 is 8.42 Å². The maximum Gasteiger partial charge on any atom is 0.209 e. The normalized spacial score (nSPS) is 11.9. The van der Waals surface area contributed by atoms with E-state index in [1.807, 2.05) is 6.92 Å². The molecular formula is C8H17N5O2S2. The first-order valence-electron chi connectivity index (χ1n) is 5.38. The topological polar surface area (TPSA) is 104 Å². The zero-order chi connectivity index (χ0) is 12.7. The summed E-state index contributed by atoms with van der Waals surface area (Å²) in [5, 5.41) is 11.7. The van der Waals surface area contributed by atoms with Gasteiger partial charge in [-0.3, -0.25) is 0 Å². The average Bonchev–Trinajstić information content (AvgIpc) is 2.66. The van der Waals surface area contributed by atoms with Crippen molar-refractivity contribution in [3.05, 3.63) is 0 Å². The van der Waals surface area contributed by atoms with Gasteiger partial charge in [0, 0.05) is 18.1 Å². The number of rotatable bonds is 8. The van der Waals surface area contributed by atoms with Crippen LogP contribution in [0.2, 0.25) is 0 Å². The Kier molecular flexibility index (Phi) is 5.86. The first-order chi connectivity index (χ1) is 8.09. The van der Waals surface area contributed by atoms with Crippen molar-refractivity contribution in [2.24, 2.45) is 5.73 Å². The molecule has 2 N–H and O–H groups in total. The van der Waals surface area contributed by atoms with Gasteiger partial charge in [0.1, 0.15) is 0 Å². The second kappa shape index (κ2) is 6.92. The molecule has 1 aromatic rings. The van der Waals surface area contributed by atoms with Crippen LogP contribution in [0.3, 0.4) is 0 Å². The van der Waals surface area contributed by atoms with Crippen LogP contribution in [0.15, 0.2) is 5.16 Å². The third-order valence-electron chi connectivity index (χ3n) is 1.98. The number of hydrogen-bond acceptors (Lipinski definition) is 7. The molecule has 0 amide bonds. The largest absolute Gasteiger partial charge is 0.329 e. The van der Waals surface area contributed by atoms with Crippen LogP contribution in [-0.2, 0) is 16.4 Å². The molecule has 1 rings (SSSR count). The Bertz CT molecular complexity index is 431. The minimum Gasteiger partial charge on any atom is -0.329 e. The van der Waals surface area contributed by atoms with Crippen LogP contribution in [0.5, 0.6) is 0 Å². The van der Waals surface area contributed by atoms with E-state index in [0.717, 1.165) is 0 Å². The van der Waals surface area contributed by atoms with E-state index < -0.39 is 9.84 Å². The summed E-state index contributed by atoms with van der Waals surface area (Å²) in [6.07, 6.45) is 0.651. The van der Waals surface area contributed by atoms with Crippen molar-refractivity contribution in [2.45, 2.75) is 25.0 Å². The fourth-order valence-electron chi connectivity index (χ4n) is 1.24. The van der Waals surface area contributed by atoms with Gasteiger partial charge in [0.2, 0.25) is 5.16 Å². The SMILES string of the molecule is CCCS(=O)(=O)CCSc1nnnn1CCN. The fraction of sp³-hybridized carbons (Fsp3) is 0.875. The third-order valence-corrected chi connectivity index (χ3v) is 5.05. The maximum absolute atomic E-state index is 11.5. The molecule has 0 aliphatic rings. The minimum atomic E-state index is -2.93. The lowest BCUT2D eigenvalue weighted by Crippen LogP contribution is -2.14. The van der Waals surface area contributed by atoms with E-state index in [2.05, 4.69) is 15.5 Å². The molecule has 0 unspecified atom stereocenters. The lowest BCUT2D eigenvalue weighted by atomic mass is 10.6. The van der Waals surface area contributed by atoms with Crippen LogP contribution < -0.4 is 5.73 Å². The van der Waals surface area contributed by atoms with Gasteiger partial charge in [0.25, 0.3) is 0 Å². The molecule has 0 bridgehead atoms. The predicted molar refractivity (Wildman–Crippen MR) is 66.5 cm³/mol. The highest BCUT2D eigenvalue weighted by molar-refractivity contribution is 8.00. The summed E-state index contributed by atoms with van der Waals surface area (Å²) < 4.78 is 24.5. The van der Waals surface area contributed by atoms with Gasteiger partial charge in [0.15, 0.2) is 9.84 Å². The molecule has 0 radical (unpaired) electrons. The molecule has 7 nitrogen and oxygen atoms in total. The number of aromatic nitrogens is 4. The summed E-state index contributed by atoms with van der Waals surface area (Å²) in [5.41, 5.74) is 5.40. The van der Waals surface area contributed by atoms with E-state index in [4.69, 9.17) is 5.73 Å². The second-order valence-corrected chi connectivity index (χ2v) is 6.84. The Hall–Kier alpha value is -0.670.